The summed E-state index contributed by atoms with van der Waals surface area (Å²) in [6, 6.07) is 6.39. The summed E-state index contributed by atoms with van der Waals surface area (Å²) >= 11 is 1.69. The molecular weight excluding hydrogens is 274 g/mol. The summed E-state index contributed by atoms with van der Waals surface area (Å²) in [6.45, 7) is 3.02. The van der Waals surface area contributed by atoms with Crippen LogP contribution in [0.2, 0.25) is 0 Å². The van der Waals surface area contributed by atoms with Crippen molar-refractivity contribution in [2.75, 3.05) is 26.6 Å². The van der Waals surface area contributed by atoms with Crippen molar-refractivity contribution in [3.63, 3.8) is 0 Å². The lowest BCUT2D eigenvalue weighted by molar-refractivity contribution is 0.231. The minimum absolute atomic E-state index is 0.184. The molecule has 3 atom stereocenters. The maximum absolute atomic E-state index is 9.40. The smallest absolute Gasteiger partial charge is 0.124 e. The van der Waals surface area contributed by atoms with Gasteiger partial charge >= 0.3 is 0 Å². The number of rotatable bonds is 6. The monoisotopic (exact) mass is 297 g/mol. The highest BCUT2D eigenvalue weighted by Crippen LogP contribution is 2.35. The average molecular weight is 297 g/mol. The third-order valence-corrected chi connectivity index (χ3v) is 4.92. The number of fused-ring (bicyclic) bond motifs is 1. The number of aliphatic hydroxyl groups is 1. The first-order valence-electron chi connectivity index (χ1n) is 6.90. The van der Waals surface area contributed by atoms with Crippen LogP contribution in [-0.2, 0) is 0 Å². The lowest BCUT2D eigenvalue weighted by Gasteiger charge is -2.31. The van der Waals surface area contributed by atoms with Gasteiger partial charge in [0.15, 0.2) is 0 Å². The highest BCUT2D eigenvalue weighted by atomic mass is 32.2. The Morgan fingerprint density at radius 1 is 1.55 bits per heavy atom. The molecule has 4 nitrogen and oxygen atoms in total. The quantitative estimate of drug-likeness (QED) is 0.843. The van der Waals surface area contributed by atoms with Gasteiger partial charge in [-0.3, -0.25) is 0 Å². The summed E-state index contributed by atoms with van der Waals surface area (Å²) in [6.07, 6.45) is 2.96. The number of nitrogens with one attached hydrogen (secondary N) is 1. The van der Waals surface area contributed by atoms with Crippen LogP contribution in [-0.4, -0.2) is 43.0 Å². The van der Waals surface area contributed by atoms with E-state index >= 15 is 0 Å². The summed E-state index contributed by atoms with van der Waals surface area (Å²) in [4.78, 5) is 0. The molecule has 0 spiro atoms. The van der Waals surface area contributed by atoms with E-state index in [1.165, 1.54) is 0 Å². The molecule has 0 fully saturated rings. The van der Waals surface area contributed by atoms with E-state index in [2.05, 4.69) is 12.2 Å². The van der Waals surface area contributed by atoms with Crippen LogP contribution in [0.1, 0.15) is 24.9 Å². The summed E-state index contributed by atoms with van der Waals surface area (Å²) in [5.41, 5.74) is 1.14. The molecule has 1 aromatic carbocycles. The summed E-state index contributed by atoms with van der Waals surface area (Å²) in [5.74, 6) is 1.77. The van der Waals surface area contributed by atoms with Crippen LogP contribution in [0.15, 0.2) is 18.2 Å². The van der Waals surface area contributed by atoms with Gasteiger partial charge in [-0.15, -0.1) is 0 Å². The molecule has 0 bridgehead atoms. The van der Waals surface area contributed by atoms with Gasteiger partial charge in [-0.05, 0) is 31.4 Å². The third-order valence-electron chi connectivity index (χ3n) is 3.76. The van der Waals surface area contributed by atoms with Gasteiger partial charge in [-0.1, -0.05) is 0 Å². The maximum Gasteiger partial charge on any atom is 0.124 e. The highest BCUT2D eigenvalue weighted by molar-refractivity contribution is 7.99. The van der Waals surface area contributed by atoms with Crippen molar-refractivity contribution in [2.45, 2.75) is 30.7 Å². The van der Waals surface area contributed by atoms with Crippen molar-refractivity contribution < 1.29 is 14.6 Å². The lowest BCUT2D eigenvalue weighted by atomic mass is 9.99. The van der Waals surface area contributed by atoms with Gasteiger partial charge in [-0.2, -0.15) is 11.8 Å². The molecule has 1 aliphatic heterocycles. The van der Waals surface area contributed by atoms with Gasteiger partial charge in [0, 0.05) is 29.3 Å². The van der Waals surface area contributed by atoms with E-state index in [4.69, 9.17) is 9.47 Å². The molecule has 1 heterocycles. The Morgan fingerprint density at radius 2 is 2.35 bits per heavy atom. The Balaban J connectivity index is 2.15. The van der Waals surface area contributed by atoms with E-state index in [1.54, 1.807) is 18.9 Å². The molecule has 0 aromatic heterocycles. The average Bonchev–Trinajstić information content (AvgIpc) is 2.48. The van der Waals surface area contributed by atoms with Gasteiger partial charge < -0.3 is 19.9 Å². The van der Waals surface area contributed by atoms with Crippen molar-refractivity contribution in [2.24, 2.45) is 0 Å². The molecule has 0 aliphatic carbocycles. The van der Waals surface area contributed by atoms with E-state index in [-0.39, 0.29) is 23.9 Å². The topological polar surface area (TPSA) is 50.7 Å². The minimum atomic E-state index is 0.184. The zero-order chi connectivity index (χ0) is 14.5. The Morgan fingerprint density at radius 3 is 3.00 bits per heavy atom. The molecular formula is C15H23NO3S. The van der Waals surface area contributed by atoms with Crippen molar-refractivity contribution in [1.29, 1.82) is 0 Å². The van der Waals surface area contributed by atoms with Gasteiger partial charge in [0.2, 0.25) is 0 Å². The number of hydrogen-bond acceptors (Lipinski definition) is 5. The Hall–Kier alpha value is -0.910. The molecule has 0 saturated carbocycles. The lowest BCUT2D eigenvalue weighted by Crippen LogP contribution is -2.41. The molecule has 20 heavy (non-hydrogen) atoms. The molecule has 2 N–H and O–H groups in total. The zero-order valence-corrected chi connectivity index (χ0v) is 13.1. The number of thioether (sulfide) groups is 1. The van der Waals surface area contributed by atoms with Crippen molar-refractivity contribution in [1.82, 2.24) is 5.32 Å². The van der Waals surface area contributed by atoms with Crippen LogP contribution >= 0.6 is 11.8 Å². The molecule has 3 unspecified atom stereocenters. The van der Waals surface area contributed by atoms with Crippen LogP contribution in [0.3, 0.4) is 0 Å². The fraction of sp³-hybridized carbons (Fsp3) is 0.600. The van der Waals surface area contributed by atoms with E-state index in [1.807, 2.05) is 24.5 Å². The van der Waals surface area contributed by atoms with Crippen LogP contribution in [0.25, 0.3) is 0 Å². The van der Waals surface area contributed by atoms with E-state index < -0.39 is 0 Å². The Labute approximate surface area is 124 Å². The van der Waals surface area contributed by atoms with E-state index in [9.17, 15) is 5.11 Å². The fourth-order valence-electron chi connectivity index (χ4n) is 2.53. The van der Waals surface area contributed by atoms with Gasteiger partial charge in [0.05, 0.1) is 20.3 Å². The van der Waals surface area contributed by atoms with Crippen molar-refractivity contribution >= 4 is 11.8 Å². The highest BCUT2D eigenvalue weighted by Gasteiger charge is 2.25. The first-order valence-corrected chi connectivity index (χ1v) is 8.18. The third kappa shape index (κ3) is 3.40. The summed E-state index contributed by atoms with van der Waals surface area (Å²) in [7, 11) is 1.67. The summed E-state index contributed by atoms with van der Waals surface area (Å²) in [5, 5.41) is 13.2. The predicted molar refractivity (Wildman–Crippen MR) is 82.8 cm³/mol. The van der Waals surface area contributed by atoms with Crippen LogP contribution < -0.4 is 14.8 Å². The second-order valence-corrected chi connectivity index (χ2v) is 6.08. The SMILES string of the molecule is COc1ccc2c(c1)C(NC(C)C(CO)SC)CCO2. The van der Waals surface area contributed by atoms with E-state index in [0.29, 0.717) is 6.61 Å². The van der Waals surface area contributed by atoms with Gasteiger partial charge in [-0.25, -0.2) is 0 Å². The first-order chi connectivity index (χ1) is 9.69. The molecule has 2 rings (SSSR count). The maximum atomic E-state index is 9.40. The zero-order valence-electron chi connectivity index (χ0n) is 12.3. The molecule has 0 radical (unpaired) electrons. The first kappa shape index (κ1) is 15.5. The minimum Gasteiger partial charge on any atom is -0.497 e. The van der Waals surface area contributed by atoms with Crippen molar-refractivity contribution in [3.05, 3.63) is 23.8 Å². The van der Waals surface area contributed by atoms with Crippen LogP contribution in [0.5, 0.6) is 11.5 Å². The fourth-order valence-corrected chi connectivity index (χ4v) is 3.17. The molecule has 1 aromatic rings. The van der Waals surface area contributed by atoms with Crippen LogP contribution in [0.4, 0.5) is 0 Å². The number of hydrogen-bond donors (Lipinski definition) is 2. The molecule has 0 saturated heterocycles. The summed E-state index contributed by atoms with van der Waals surface area (Å²) < 4.78 is 11.0. The predicted octanol–water partition coefficient (Wildman–Crippen LogP) is 2.22. The normalized spacial score (nSPS) is 20.7. The number of ether oxygens (including phenoxy) is 2. The van der Waals surface area contributed by atoms with Gasteiger partial charge in [0.1, 0.15) is 11.5 Å². The molecule has 1 aliphatic rings. The molecule has 5 heteroatoms. The van der Waals surface area contributed by atoms with Crippen molar-refractivity contribution in [3.8, 4) is 11.5 Å². The second-order valence-electron chi connectivity index (χ2n) is 5.01. The standard InChI is InChI=1S/C15H23NO3S/c1-10(15(9-17)20-3)16-13-6-7-19-14-5-4-11(18-2)8-12(13)14/h4-5,8,10,13,15-17H,6-7,9H2,1-3H3. The Bertz CT molecular complexity index is 437. The van der Waals surface area contributed by atoms with Gasteiger partial charge in [0.25, 0.3) is 0 Å². The number of methoxy groups -OCH3 is 1. The van der Waals surface area contributed by atoms with E-state index in [0.717, 1.165) is 23.5 Å². The Kier molecular flexibility index (Phi) is 5.57. The van der Waals surface area contributed by atoms with Crippen LogP contribution in [0, 0.1) is 0 Å². The molecule has 0 amide bonds. The number of aliphatic hydroxyl groups excluding tert-OH is 1. The second kappa shape index (κ2) is 7.20. The number of benzene rings is 1. The molecule has 112 valence electrons. The largest absolute Gasteiger partial charge is 0.497 e.